The second-order valence-electron chi connectivity index (χ2n) is 2.77. The summed E-state index contributed by atoms with van der Waals surface area (Å²) in [6, 6.07) is 0. The molecule has 0 fully saturated rings. The quantitative estimate of drug-likeness (QED) is 0.584. The molecule has 5 heteroatoms. The van der Waals surface area contributed by atoms with Crippen molar-refractivity contribution in [2.75, 3.05) is 0 Å². The summed E-state index contributed by atoms with van der Waals surface area (Å²) in [7, 11) is 0. The topological polar surface area (TPSA) is 26.0 Å². The van der Waals surface area contributed by atoms with Gasteiger partial charge in [0.05, 0.1) is 0 Å². The summed E-state index contributed by atoms with van der Waals surface area (Å²) in [5, 5.41) is 0. The smallest absolute Gasteiger partial charge is 0.166 e. The molecule has 0 bridgehead atoms. The van der Waals surface area contributed by atoms with Crippen molar-refractivity contribution in [1.29, 1.82) is 0 Å². The van der Waals surface area contributed by atoms with Gasteiger partial charge in [0.1, 0.15) is 0 Å². The van der Waals surface area contributed by atoms with Gasteiger partial charge in [-0.2, -0.15) is 0 Å². The Morgan fingerprint density at radius 2 is 1.21 bits per heavy atom. The summed E-state index contributed by atoms with van der Waals surface area (Å²) in [5.74, 6) is -5.51. The average Bonchev–Trinajstić information content (AvgIpc) is 2.17. The van der Waals surface area contributed by atoms with Crippen molar-refractivity contribution in [2.24, 2.45) is 5.73 Å². The van der Waals surface area contributed by atoms with Crippen LogP contribution in [0.25, 0.3) is 0 Å². The molecule has 0 spiro atoms. The molecule has 0 heterocycles. The molecule has 1 aromatic rings. The zero-order chi connectivity index (χ0) is 10.9. The highest BCUT2D eigenvalue weighted by Gasteiger charge is 2.22. The van der Waals surface area contributed by atoms with Gasteiger partial charge in [0.15, 0.2) is 23.3 Å². The van der Waals surface area contributed by atoms with Gasteiger partial charge in [-0.1, -0.05) is 6.92 Å². The highest BCUT2D eigenvalue weighted by molar-refractivity contribution is 5.29. The van der Waals surface area contributed by atoms with Crippen LogP contribution in [0.4, 0.5) is 17.6 Å². The molecule has 0 atom stereocenters. The van der Waals surface area contributed by atoms with E-state index in [2.05, 4.69) is 0 Å². The lowest BCUT2D eigenvalue weighted by molar-refractivity contribution is 0.427. The minimum atomic E-state index is -1.40. The first-order valence-corrected chi connectivity index (χ1v) is 4.08. The minimum Gasteiger partial charge on any atom is -0.326 e. The average molecular weight is 207 g/mol. The lowest BCUT2D eigenvalue weighted by atomic mass is 10.1. The van der Waals surface area contributed by atoms with E-state index in [1.807, 2.05) is 0 Å². The molecule has 1 nitrogen and oxygen atoms in total. The zero-order valence-electron chi connectivity index (χ0n) is 7.50. The predicted molar refractivity (Wildman–Crippen MR) is 43.5 cm³/mol. The van der Waals surface area contributed by atoms with Crippen LogP contribution in [0.5, 0.6) is 0 Å². The lowest BCUT2D eigenvalue weighted by Crippen LogP contribution is -2.11. The minimum absolute atomic E-state index is 0.115. The number of nitrogens with two attached hydrogens (primary N) is 1. The van der Waals surface area contributed by atoms with E-state index < -0.39 is 40.9 Å². The molecule has 0 unspecified atom stereocenters. The Balaban J connectivity index is 3.55. The van der Waals surface area contributed by atoms with Gasteiger partial charge in [0.2, 0.25) is 0 Å². The van der Waals surface area contributed by atoms with E-state index in [1.54, 1.807) is 0 Å². The van der Waals surface area contributed by atoms with E-state index in [9.17, 15) is 17.6 Å². The number of halogens is 4. The maximum absolute atomic E-state index is 13.1. The highest BCUT2D eigenvalue weighted by Crippen LogP contribution is 2.23. The van der Waals surface area contributed by atoms with E-state index in [4.69, 9.17) is 5.73 Å². The Morgan fingerprint density at radius 3 is 1.50 bits per heavy atom. The van der Waals surface area contributed by atoms with E-state index >= 15 is 0 Å². The number of benzene rings is 1. The summed E-state index contributed by atoms with van der Waals surface area (Å²) in [4.78, 5) is 0. The van der Waals surface area contributed by atoms with Gasteiger partial charge < -0.3 is 5.73 Å². The monoisotopic (exact) mass is 207 g/mol. The van der Waals surface area contributed by atoms with Crippen LogP contribution in [-0.2, 0) is 13.0 Å². The van der Waals surface area contributed by atoms with Gasteiger partial charge in [-0.15, -0.1) is 0 Å². The van der Waals surface area contributed by atoms with Crippen molar-refractivity contribution in [3.63, 3.8) is 0 Å². The fraction of sp³-hybridized carbons (Fsp3) is 0.333. The highest BCUT2D eigenvalue weighted by atomic mass is 19.2. The third-order valence-electron chi connectivity index (χ3n) is 2.00. The van der Waals surface area contributed by atoms with Crippen LogP contribution < -0.4 is 5.73 Å². The van der Waals surface area contributed by atoms with Crippen LogP contribution in [0, 0.1) is 23.3 Å². The third-order valence-corrected chi connectivity index (χ3v) is 2.00. The molecular weight excluding hydrogens is 198 g/mol. The first-order valence-electron chi connectivity index (χ1n) is 4.08. The fourth-order valence-corrected chi connectivity index (χ4v) is 1.21. The maximum atomic E-state index is 13.1. The van der Waals surface area contributed by atoms with Gasteiger partial charge in [-0.05, 0) is 6.42 Å². The van der Waals surface area contributed by atoms with E-state index in [0.717, 1.165) is 0 Å². The maximum Gasteiger partial charge on any atom is 0.166 e. The number of hydrogen-bond donors (Lipinski definition) is 1. The van der Waals surface area contributed by atoms with Crippen molar-refractivity contribution in [2.45, 2.75) is 19.9 Å². The SMILES string of the molecule is CCc1c(F)c(F)c(CN)c(F)c1F. The van der Waals surface area contributed by atoms with Crippen LogP contribution >= 0.6 is 0 Å². The lowest BCUT2D eigenvalue weighted by Gasteiger charge is -2.08. The molecule has 0 aliphatic rings. The normalized spacial score (nSPS) is 10.7. The Kier molecular flexibility index (Phi) is 3.10. The van der Waals surface area contributed by atoms with Gasteiger partial charge >= 0.3 is 0 Å². The molecule has 0 aliphatic heterocycles. The van der Waals surface area contributed by atoms with Gasteiger partial charge in [-0.3, -0.25) is 0 Å². The first-order chi connectivity index (χ1) is 6.54. The Labute approximate surface area is 78.5 Å². The molecule has 14 heavy (non-hydrogen) atoms. The Bertz CT molecular complexity index is 298. The van der Waals surface area contributed by atoms with Crippen molar-refractivity contribution in [1.82, 2.24) is 0 Å². The van der Waals surface area contributed by atoms with Crippen LogP contribution in [0.3, 0.4) is 0 Å². The first kappa shape index (κ1) is 11.0. The zero-order valence-corrected chi connectivity index (χ0v) is 7.50. The van der Waals surface area contributed by atoms with Gasteiger partial charge in [0, 0.05) is 17.7 Å². The molecule has 1 rings (SSSR count). The van der Waals surface area contributed by atoms with Crippen molar-refractivity contribution < 1.29 is 17.6 Å². The van der Waals surface area contributed by atoms with E-state index in [0.29, 0.717) is 0 Å². The largest absolute Gasteiger partial charge is 0.326 e. The van der Waals surface area contributed by atoms with Crippen LogP contribution in [-0.4, -0.2) is 0 Å². The van der Waals surface area contributed by atoms with Crippen molar-refractivity contribution >= 4 is 0 Å². The summed E-state index contributed by atoms with van der Waals surface area (Å²) < 4.78 is 52.2. The summed E-state index contributed by atoms with van der Waals surface area (Å²) >= 11 is 0. The Morgan fingerprint density at radius 1 is 0.857 bits per heavy atom. The van der Waals surface area contributed by atoms with E-state index in [-0.39, 0.29) is 6.42 Å². The van der Waals surface area contributed by atoms with Crippen LogP contribution in [0.1, 0.15) is 18.1 Å². The molecule has 0 radical (unpaired) electrons. The molecule has 2 N–H and O–H groups in total. The summed E-state index contributed by atoms with van der Waals surface area (Å²) in [6.45, 7) is 0.831. The Hall–Kier alpha value is -1.10. The number of hydrogen-bond acceptors (Lipinski definition) is 1. The molecule has 0 saturated heterocycles. The predicted octanol–water partition coefficient (Wildman–Crippen LogP) is 2.26. The molecule has 0 aliphatic carbocycles. The standard InChI is InChI=1S/C9H9F4N/c1-2-4-6(10)8(12)5(3-14)9(13)7(4)11/h2-3,14H2,1H3. The molecule has 1 aromatic carbocycles. The second-order valence-corrected chi connectivity index (χ2v) is 2.77. The van der Waals surface area contributed by atoms with Crippen LogP contribution in [0.15, 0.2) is 0 Å². The molecule has 0 aromatic heterocycles. The van der Waals surface area contributed by atoms with Crippen molar-refractivity contribution in [3.8, 4) is 0 Å². The fourth-order valence-electron chi connectivity index (χ4n) is 1.21. The molecule has 0 amide bonds. The summed E-state index contributed by atoms with van der Waals surface area (Å²) in [5.41, 5.74) is 3.63. The molecule has 78 valence electrons. The van der Waals surface area contributed by atoms with E-state index in [1.165, 1.54) is 6.92 Å². The van der Waals surface area contributed by atoms with Crippen molar-refractivity contribution in [3.05, 3.63) is 34.4 Å². The van der Waals surface area contributed by atoms with Gasteiger partial charge in [-0.25, -0.2) is 17.6 Å². The summed E-state index contributed by atoms with van der Waals surface area (Å²) in [6.07, 6.45) is -0.115. The van der Waals surface area contributed by atoms with Gasteiger partial charge in [0.25, 0.3) is 0 Å². The molecular formula is C9H9F4N. The number of rotatable bonds is 2. The second kappa shape index (κ2) is 3.96. The molecule has 0 saturated carbocycles. The third kappa shape index (κ3) is 1.48. The van der Waals surface area contributed by atoms with Crippen LogP contribution in [0.2, 0.25) is 0 Å².